The summed E-state index contributed by atoms with van der Waals surface area (Å²) >= 11 is 0. The lowest BCUT2D eigenvalue weighted by molar-refractivity contribution is 1.16. The highest BCUT2D eigenvalue weighted by molar-refractivity contribution is 6.13. The Morgan fingerprint density at radius 3 is 0.724 bits per heavy atom. The molecule has 4 heteroatoms. The maximum atomic E-state index is 2.40. The Kier molecular flexibility index (Phi) is 10.2. The van der Waals surface area contributed by atoms with E-state index in [0.717, 1.165) is 34.1 Å². The van der Waals surface area contributed by atoms with Gasteiger partial charge in [-0.1, -0.05) is 164 Å². The third-order valence-corrected chi connectivity index (χ3v) is 15.4. The van der Waals surface area contributed by atoms with Crippen molar-refractivity contribution in [3.05, 3.63) is 291 Å². The molecule has 4 nitrogen and oxygen atoms in total. The molecule has 15 rings (SSSR count). The molecule has 0 atom stereocenters. The standard InChI is InChI=1S/C72H48N4/c1-4-16-49(17-5-1)52-28-43-70-64(46-52)61-22-10-13-25-67(61)74(70)58-37-31-55(32-38-58)73(56-33-39-59(40-34-56)75-68-26-14-11-23-62(68)65-47-53(29-44-71(65)75)50-18-6-2-7-19-50)57-35-41-60(42-36-57)76-69-27-15-12-24-63(69)66-48-54(30-45-72(66)76)51-20-8-3-9-21-51/h1-48H. The Balaban J connectivity index is 0.851. The molecule has 76 heavy (non-hydrogen) atoms. The summed E-state index contributed by atoms with van der Waals surface area (Å²) in [5, 5.41) is 7.43. The van der Waals surface area contributed by atoms with Gasteiger partial charge in [0.25, 0.3) is 0 Å². The number of benzene rings is 12. The third-order valence-electron chi connectivity index (χ3n) is 15.4. The van der Waals surface area contributed by atoms with E-state index in [1.165, 1.54) is 98.8 Å². The zero-order valence-corrected chi connectivity index (χ0v) is 41.5. The average Bonchev–Trinajstić information content (AvgIpc) is 4.16. The molecule has 15 aromatic rings. The second-order valence-electron chi connectivity index (χ2n) is 19.7. The maximum Gasteiger partial charge on any atom is 0.0541 e. The van der Waals surface area contributed by atoms with Gasteiger partial charge in [0.2, 0.25) is 0 Å². The summed E-state index contributed by atoms with van der Waals surface area (Å²) < 4.78 is 7.21. The summed E-state index contributed by atoms with van der Waals surface area (Å²) in [6.07, 6.45) is 0. The van der Waals surface area contributed by atoms with Gasteiger partial charge >= 0.3 is 0 Å². The van der Waals surface area contributed by atoms with Crippen LogP contribution in [0.4, 0.5) is 17.1 Å². The minimum absolute atomic E-state index is 1.06. The van der Waals surface area contributed by atoms with Gasteiger partial charge in [-0.3, -0.25) is 0 Å². The topological polar surface area (TPSA) is 18.0 Å². The van der Waals surface area contributed by atoms with Crippen LogP contribution in [0.15, 0.2) is 291 Å². The van der Waals surface area contributed by atoms with Gasteiger partial charge in [-0.2, -0.15) is 0 Å². The molecule has 3 aromatic heterocycles. The van der Waals surface area contributed by atoms with Crippen molar-refractivity contribution in [3.8, 4) is 50.4 Å². The van der Waals surface area contributed by atoms with E-state index in [1.807, 2.05) is 0 Å². The van der Waals surface area contributed by atoms with E-state index in [9.17, 15) is 0 Å². The second-order valence-corrected chi connectivity index (χ2v) is 19.7. The van der Waals surface area contributed by atoms with Crippen LogP contribution < -0.4 is 4.90 Å². The smallest absolute Gasteiger partial charge is 0.0541 e. The highest BCUT2D eigenvalue weighted by Gasteiger charge is 2.20. The van der Waals surface area contributed by atoms with Gasteiger partial charge in [-0.15, -0.1) is 0 Å². The summed E-state index contributed by atoms with van der Waals surface area (Å²) in [6.45, 7) is 0. The lowest BCUT2D eigenvalue weighted by atomic mass is 10.0. The van der Waals surface area contributed by atoms with Crippen molar-refractivity contribution in [2.75, 3.05) is 4.90 Å². The molecule has 0 saturated heterocycles. The summed E-state index contributed by atoms with van der Waals surface area (Å²) in [7, 11) is 0. The molecule has 0 saturated carbocycles. The molecule has 0 radical (unpaired) electrons. The van der Waals surface area contributed by atoms with E-state index < -0.39 is 0 Å². The van der Waals surface area contributed by atoms with Crippen LogP contribution in [-0.2, 0) is 0 Å². The maximum absolute atomic E-state index is 2.40. The van der Waals surface area contributed by atoms with Gasteiger partial charge in [0.15, 0.2) is 0 Å². The fourth-order valence-electron chi connectivity index (χ4n) is 11.9. The number of hydrogen-bond donors (Lipinski definition) is 0. The number of rotatable bonds is 9. The largest absolute Gasteiger partial charge is 0.310 e. The average molecular weight is 969 g/mol. The Morgan fingerprint density at radius 2 is 0.434 bits per heavy atom. The zero-order chi connectivity index (χ0) is 50.1. The zero-order valence-electron chi connectivity index (χ0n) is 41.5. The van der Waals surface area contributed by atoms with Crippen molar-refractivity contribution >= 4 is 82.5 Å². The first-order valence-corrected chi connectivity index (χ1v) is 26.1. The van der Waals surface area contributed by atoms with Crippen LogP contribution in [0.25, 0.3) is 116 Å². The van der Waals surface area contributed by atoms with Gasteiger partial charge in [0.1, 0.15) is 0 Å². The lowest BCUT2D eigenvalue weighted by Crippen LogP contribution is -2.10. The molecule has 0 amide bonds. The minimum Gasteiger partial charge on any atom is -0.310 e. The number of anilines is 3. The van der Waals surface area contributed by atoms with Crippen LogP contribution in [0, 0.1) is 0 Å². The van der Waals surface area contributed by atoms with Crippen LogP contribution in [0.5, 0.6) is 0 Å². The Labute approximate surface area is 440 Å². The highest BCUT2D eigenvalue weighted by atomic mass is 15.1. The van der Waals surface area contributed by atoms with Crippen LogP contribution >= 0.6 is 0 Å². The van der Waals surface area contributed by atoms with Crippen LogP contribution in [0.3, 0.4) is 0 Å². The van der Waals surface area contributed by atoms with Crippen molar-refractivity contribution in [1.29, 1.82) is 0 Å². The van der Waals surface area contributed by atoms with Crippen molar-refractivity contribution in [3.63, 3.8) is 0 Å². The summed E-state index contributed by atoms with van der Waals surface area (Å²) in [6, 6.07) is 106. The number of aromatic nitrogens is 3. The number of para-hydroxylation sites is 3. The fourth-order valence-corrected chi connectivity index (χ4v) is 11.9. The van der Waals surface area contributed by atoms with Crippen LogP contribution in [0.1, 0.15) is 0 Å². The van der Waals surface area contributed by atoms with Gasteiger partial charge < -0.3 is 18.6 Å². The van der Waals surface area contributed by atoms with Crippen molar-refractivity contribution in [1.82, 2.24) is 13.7 Å². The third kappa shape index (κ3) is 7.14. The molecular formula is C72H48N4. The molecule has 0 aliphatic carbocycles. The molecule has 12 aromatic carbocycles. The molecule has 0 N–H and O–H groups in total. The molecule has 0 bridgehead atoms. The summed E-state index contributed by atoms with van der Waals surface area (Å²) in [5.41, 5.74) is 20.9. The van der Waals surface area contributed by atoms with E-state index in [1.54, 1.807) is 0 Å². The predicted molar refractivity (Wildman–Crippen MR) is 320 cm³/mol. The predicted octanol–water partition coefficient (Wildman–Crippen LogP) is 19.4. The van der Waals surface area contributed by atoms with Crippen molar-refractivity contribution < 1.29 is 0 Å². The highest BCUT2D eigenvalue weighted by Crippen LogP contribution is 2.42. The normalized spacial score (nSPS) is 11.7. The first kappa shape index (κ1) is 43.4. The summed E-state index contributed by atoms with van der Waals surface area (Å²) in [5.74, 6) is 0. The number of hydrogen-bond acceptors (Lipinski definition) is 1. The van der Waals surface area contributed by atoms with E-state index in [-0.39, 0.29) is 0 Å². The van der Waals surface area contributed by atoms with Gasteiger partial charge in [-0.05, 0) is 161 Å². The second kappa shape index (κ2) is 17.8. The monoisotopic (exact) mass is 968 g/mol. The molecule has 0 fully saturated rings. The molecule has 356 valence electrons. The first-order valence-electron chi connectivity index (χ1n) is 26.1. The molecule has 0 aliphatic rings. The minimum atomic E-state index is 1.06. The quantitative estimate of drug-likeness (QED) is 0.141. The van der Waals surface area contributed by atoms with Crippen molar-refractivity contribution in [2.45, 2.75) is 0 Å². The Bertz CT molecular complexity index is 4170. The Morgan fingerprint density at radius 1 is 0.184 bits per heavy atom. The van der Waals surface area contributed by atoms with E-state index in [2.05, 4.69) is 310 Å². The molecule has 0 aliphatic heterocycles. The Hall–Kier alpha value is -10.2. The van der Waals surface area contributed by atoms with Crippen LogP contribution in [0.2, 0.25) is 0 Å². The number of nitrogens with zero attached hydrogens (tertiary/aromatic N) is 4. The molecule has 0 unspecified atom stereocenters. The van der Waals surface area contributed by atoms with E-state index in [0.29, 0.717) is 0 Å². The van der Waals surface area contributed by atoms with E-state index in [4.69, 9.17) is 0 Å². The SMILES string of the molecule is c1ccc(-c2ccc3c(c2)c2ccccc2n3-c2ccc(N(c3ccc(-n4c5ccccc5c5cc(-c6ccccc6)ccc54)cc3)c3ccc(-n4c5ccccc5c5cc(-c6ccccc6)ccc54)cc3)cc2)cc1. The molecular weight excluding hydrogens is 921 g/mol. The van der Waals surface area contributed by atoms with Gasteiger partial charge in [0.05, 0.1) is 33.1 Å². The lowest BCUT2D eigenvalue weighted by Gasteiger charge is -2.26. The molecule has 3 heterocycles. The summed E-state index contributed by atoms with van der Waals surface area (Å²) in [4.78, 5) is 2.38. The number of fused-ring (bicyclic) bond motifs is 9. The first-order chi connectivity index (χ1) is 37.7. The van der Waals surface area contributed by atoms with Crippen molar-refractivity contribution in [2.24, 2.45) is 0 Å². The van der Waals surface area contributed by atoms with E-state index >= 15 is 0 Å². The fraction of sp³-hybridized carbons (Fsp3) is 0. The van der Waals surface area contributed by atoms with Gasteiger partial charge in [-0.25, -0.2) is 0 Å². The van der Waals surface area contributed by atoms with Crippen LogP contribution in [-0.4, -0.2) is 13.7 Å². The molecule has 0 spiro atoms. The van der Waals surface area contributed by atoms with Gasteiger partial charge in [0, 0.05) is 66.4 Å².